The third-order valence-corrected chi connectivity index (χ3v) is 4.95. The van der Waals surface area contributed by atoms with E-state index < -0.39 is 32.6 Å². The van der Waals surface area contributed by atoms with Gasteiger partial charge in [-0.1, -0.05) is 23.2 Å². The molecule has 1 aliphatic rings. The fraction of sp³-hybridized carbons (Fsp3) is 0.118. The number of halogens is 2. The van der Waals surface area contributed by atoms with Crippen molar-refractivity contribution in [1.29, 1.82) is 10.5 Å². The summed E-state index contributed by atoms with van der Waals surface area (Å²) in [4.78, 5) is 15.8. The zero-order valence-electron chi connectivity index (χ0n) is 12.7. The summed E-state index contributed by atoms with van der Waals surface area (Å²) >= 11 is 11.8. The number of Topliss-reactive ketones (excluding diaryl/α,β-unsaturated/α-hetero) is 1. The van der Waals surface area contributed by atoms with E-state index in [1.54, 1.807) is 24.3 Å². The number of H-pyrrole nitrogens is 1. The van der Waals surface area contributed by atoms with E-state index in [1.807, 2.05) is 6.07 Å². The van der Waals surface area contributed by atoms with Gasteiger partial charge in [0.15, 0.2) is 11.2 Å². The number of hydrogen-bond acceptors (Lipinski definition) is 5. The Morgan fingerprint density at radius 3 is 2.60 bits per heavy atom. The predicted molar refractivity (Wildman–Crippen MR) is 91.1 cm³/mol. The highest BCUT2D eigenvalue weighted by atomic mass is 35.5. The molecule has 1 aliphatic carbocycles. The van der Waals surface area contributed by atoms with Crippen LogP contribution < -0.4 is 4.74 Å². The molecule has 124 valence electrons. The van der Waals surface area contributed by atoms with Crippen molar-refractivity contribution in [1.82, 2.24) is 4.98 Å². The lowest BCUT2D eigenvalue weighted by Gasteiger charge is -2.28. The van der Waals surface area contributed by atoms with Gasteiger partial charge >= 0.3 is 0 Å². The molecular weight excluding hydrogens is 365 g/mol. The van der Waals surface area contributed by atoms with E-state index >= 15 is 0 Å². The highest BCUT2D eigenvalue weighted by Gasteiger charge is 2.52. The van der Waals surface area contributed by atoms with E-state index in [4.69, 9.17) is 27.9 Å². The highest BCUT2D eigenvalue weighted by molar-refractivity contribution is 6.51. The van der Waals surface area contributed by atoms with Crippen molar-refractivity contribution in [3.63, 3.8) is 0 Å². The molecule has 0 saturated heterocycles. The maximum Gasteiger partial charge on any atom is 0.206 e. The van der Waals surface area contributed by atoms with Crippen LogP contribution >= 0.6 is 23.2 Å². The molecule has 1 aromatic heterocycles. The second-order valence-electron chi connectivity index (χ2n) is 5.27. The Bertz CT molecular complexity index is 1070. The van der Waals surface area contributed by atoms with Gasteiger partial charge in [0.1, 0.15) is 27.5 Å². The van der Waals surface area contributed by atoms with E-state index in [9.17, 15) is 20.4 Å². The first-order chi connectivity index (χ1) is 11.9. The number of aliphatic hydroxyl groups excluding tert-OH is 1. The molecule has 25 heavy (non-hydrogen) atoms. The molecule has 0 aliphatic heterocycles. The number of nitrogens with one attached hydrogen (secondary N) is 1. The minimum atomic E-state index is -2.11. The maximum atomic E-state index is 12.9. The van der Waals surface area contributed by atoms with Gasteiger partial charge in [-0.25, -0.2) is 0 Å². The molecule has 2 N–H and O–H groups in total. The maximum absolute atomic E-state index is 12.9. The average Bonchev–Trinajstić information content (AvgIpc) is 3.06. The van der Waals surface area contributed by atoms with Crippen molar-refractivity contribution in [2.24, 2.45) is 0 Å². The number of aliphatic hydroxyl groups is 1. The number of fused-ring (bicyclic) bond motifs is 1. The number of aromatic nitrogens is 1. The van der Waals surface area contributed by atoms with Gasteiger partial charge in [-0.15, -0.1) is 0 Å². The Balaban J connectivity index is 2.43. The second kappa shape index (κ2) is 5.86. The fourth-order valence-electron chi connectivity index (χ4n) is 2.87. The molecule has 0 fully saturated rings. The summed E-state index contributed by atoms with van der Waals surface area (Å²) in [5.74, 6) is -1.07. The zero-order chi connectivity index (χ0) is 18.4. The van der Waals surface area contributed by atoms with Crippen molar-refractivity contribution in [2.45, 2.75) is 5.41 Å². The van der Waals surface area contributed by atoms with Crippen molar-refractivity contribution in [3.8, 4) is 17.9 Å². The normalized spacial score (nSPS) is 20.6. The number of nitriles is 2. The molecule has 0 spiro atoms. The van der Waals surface area contributed by atoms with Gasteiger partial charge in [0.2, 0.25) is 5.78 Å². The molecule has 0 saturated carbocycles. The van der Waals surface area contributed by atoms with Gasteiger partial charge in [0.05, 0.1) is 13.2 Å². The molecule has 1 heterocycles. The van der Waals surface area contributed by atoms with Crippen LogP contribution in [-0.2, 0) is 10.2 Å². The van der Waals surface area contributed by atoms with Crippen molar-refractivity contribution in [3.05, 3.63) is 51.4 Å². The van der Waals surface area contributed by atoms with Crippen molar-refractivity contribution < 1.29 is 14.6 Å². The standard InChI is InChI=1S/C17H9Cl2N3O3/c1-25-8-2-3-12-9(4-8)11(6-22-12)17(7-21)10(5-20)15(23)13(18)14(19)16(17)24/h2-4,6,22-23H,1H3. The van der Waals surface area contributed by atoms with E-state index in [0.717, 1.165) is 0 Å². The summed E-state index contributed by atoms with van der Waals surface area (Å²) in [6.45, 7) is 0. The minimum absolute atomic E-state index is 0.180. The zero-order valence-corrected chi connectivity index (χ0v) is 14.2. The van der Waals surface area contributed by atoms with Crippen LogP contribution in [0.25, 0.3) is 10.9 Å². The molecule has 0 radical (unpaired) electrons. The van der Waals surface area contributed by atoms with Gasteiger partial charge in [-0.2, -0.15) is 10.5 Å². The smallest absolute Gasteiger partial charge is 0.206 e. The van der Waals surface area contributed by atoms with E-state index in [2.05, 4.69) is 4.98 Å². The van der Waals surface area contributed by atoms with Crippen LogP contribution in [0.5, 0.6) is 5.75 Å². The number of nitrogens with zero attached hydrogens (tertiary/aromatic N) is 2. The third kappa shape index (κ3) is 2.12. The van der Waals surface area contributed by atoms with Gasteiger partial charge in [-0.05, 0) is 18.2 Å². The largest absolute Gasteiger partial charge is 0.505 e. The third-order valence-electron chi connectivity index (χ3n) is 4.12. The lowest BCUT2D eigenvalue weighted by molar-refractivity contribution is -0.117. The van der Waals surface area contributed by atoms with Crippen LogP contribution in [0.2, 0.25) is 0 Å². The quantitative estimate of drug-likeness (QED) is 0.836. The van der Waals surface area contributed by atoms with Crippen LogP contribution in [0.15, 0.2) is 45.8 Å². The van der Waals surface area contributed by atoms with E-state index in [1.165, 1.54) is 13.3 Å². The topological polar surface area (TPSA) is 110 Å². The van der Waals surface area contributed by atoms with Crippen molar-refractivity contribution in [2.75, 3.05) is 7.11 Å². The lowest BCUT2D eigenvalue weighted by atomic mass is 9.69. The van der Waals surface area contributed by atoms with Gasteiger partial charge in [0, 0.05) is 22.7 Å². The van der Waals surface area contributed by atoms with Crippen molar-refractivity contribution >= 4 is 39.9 Å². The Kier molecular flexibility index (Phi) is 3.96. The van der Waals surface area contributed by atoms with Gasteiger partial charge in [-0.3, -0.25) is 4.79 Å². The number of ether oxygens (including phenoxy) is 1. The number of rotatable bonds is 2. The number of ketones is 1. The minimum Gasteiger partial charge on any atom is -0.505 e. The molecule has 1 aromatic carbocycles. The molecular formula is C17H9Cl2N3O3. The SMILES string of the molecule is COc1ccc2[nH]cc(C3(C#N)C(=O)C(Cl)=C(Cl)C(O)=C3C#N)c2c1. The number of hydrogen-bond donors (Lipinski definition) is 2. The van der Waals surface area contributed by atoms with E-state index in [0.29, 0.717) is 16.7 Å². The summed E-state index contributed by atoms with van der Waals surface area (Å²) in [6, 6.07) is 8.60. The monoisotopic (exact) mass is 373 g/mol. The first-order valence-electron chi connectivity index (χ1n) is 6.93. The molecule has 6 nitrogen and oxygen atoms in total. The Morgan fingerprint density at radius 2 is 2.00 bits per heavy atom. The Hall–Kier alpha value is -2.93. The molecule has 8 heteroatoms. The molecule has 2 aromatic rings. The van der Waals surface area contributed by atoms with E-state index in [-0.39, 0.29) is 5.56 Å². The number of aromatic amines is 1. The van der Waals surface area contributed by atoms with Crippen LogP contribution in [-0.4, -0.2) is 23.0 Å². The first-order valence-corrected chi connectivity index (χ1v) is 7.69. The molecule has 1 unspecified atom stereocenters. The molecule has 0 bridgehead atoms. The number of benzene rings is 1. The predicted octanol–water partition coefficient (Wildman–Crippen LogP) is 3.55. The summed E-state index contributed by atoms with van der Waals surface area (Å²) in [5.41, 5.74) is -1.79. The average molecular weight is 374 g/mol. The van der Waals surface area contributed by atoms with Crippen LogP contribution in [0.1, 0.15) is 5.56 Å². The lowest BCUT2D eigenvalue weighted by Crippen LogP contribution is -2.40. The fourth-order valence-corrected chi connectivity index (χ4v) is 3.28. The summed E-state index contributed by atoms with van der Waals surface area (Å²) in [6.07, 6.45) is 1.43. The van der Waals surface area contributed by atoms with Crippen LogP contribution in [0.4, 0.5) is 0 Å². The molecule has 0 amide bonds. The highest BCUT2D eigenvalue weighted by Crippen LogP contribution is 2.46. The summed E-state index contributed by atoms with van der Waals surface area (Å²) < 4.78 is 5.18. The van der Waals surface area contributed by atoms with Gasteiger partial charge < -0.3 is 14.8 Å². The molecule has 1 atom stereocenters. The summed E-state index contributed by atoms with van der Waals surface area (Å²) in [7, 11) is 1.48. The summed E-state index contributed by atoms with van der Waals surface area (Å²) in [5, 5.41) is 29.1. The van der Waals surface area contributed by atoms with Crippen LogP contribution in [0, 0.1) is 22.7 Å². The van der Waals surface area contributed by atoms with Crippen LogP contribution in [0.3, 0.4) is 0 Å². The number of methoxy groups -OCH3 is 1. The Morgan fingerprint density at radius 1 is 1.28 bits per heavy atom. The first kappa shape index (κ1) is 16.9. The molecule has 3 rings (SSSR count). The van der Waals surface area contributed by atoms with Gasteiger partial charge in [0.25, 0.3) is 0 Å². The number of allylic oxidation sites excluding steroid dienone is 3. The number of carbonyl (C=O) groups is 1. The number of carbonyl (C=O) groups excluding carboxylic acids is 1. The Labute approximate surface area is 152 Å². The second-order valence-corrected chi connectivity index (χ2v) is 6.02.